The first kappa shape index (κ1) is 14.2. The molecule has 0 bridgehead atoms. The van der Waals surface area contributed by atoms with E-state index in [0.29, 0.717) is 6.04 Å². The average Bonchev–Trinajstić information content (AvgIpc) is 2.91. The van der Waals surface area contributed by atoms with E-state index in [4.69, 9.17) is 0 Å². The van der Waals surface area contributed by atoms with Gasteiger partial charge in [-0.15, -0.1) is 11.3 Å². The Kier molecular flexibility index (Phi) is 5.11. The van der Waals surface area contributed by atoms with Crippen LogP contribution in [0.4, 0.5) is 0 Å². The topological polar surface area (TPSA) is 24.9 Å². The van der Waals surface area contributed by atoms with Crippen molar-refractivity contribution in [3.63, 3.8) is 0 Å². The maximum atomic E-state index is 4.48. The third kappa shape index (κ3) is 3.64. The average molecular weight is 274 g/mol. The SMILES string of the molecule is CCCNC(Cc1c(C)cccc1C)c1cscn1. The summed E-state index contributed by atoms with van der Waals surface area (Å²) in [5, 5.41) is 5.77. The van der Waals surface area contributed by atoms with Crippen LogP contribution in [0.25, 0.3) is 0 Å². The fourth-order valence-electron chi connectivity index (χ4n) is 2.37. The molecule has 0 aliphatic carbocycles. The van der Waals surface area contributed by atoms with Crippen molar-refractivity contribution in [3.8, 4) is 0 Å². The quantitative estimate of drug-likeness (QED) is 0.860. The number of benzene rings is 1. The Bertz CT molecular complexity index is 485. The van der Waals surface area contributed by atoms with Crippen molar-refractivity contribution in [2.24, 2.45) is 0 Å². The van der Waals surface area contributed by atoms with Crippen molar-refractivity contribution >= 4 is 11.3 Å². The normalized spacial score (nSPS) is 12.6. The van der Waals surface area contributed by atoms with Crippen LogP contribution < -0.4 is 5.32 Å². The predicted molar refractivity (Wildman–Crippen MR) is 82.8 cm³/mol. The highest BCUT2D eigenvalue weighted by molar-refractivity contribution is 7.07. The molecule has 0 saturated carbocycles. The zero-order valence-electron chi connectivity index (χ0n) is 11.9. The van der Waals surface area contributed by atoms with E-state index < -0.39 is 0 Å². The fourth-order valence-corrected chi connectivity index (χ4v) is 2.98. The van der Waals surface area contributed by atoms with Crippen molar-refractivity contribution in [2.45, 2.75) is 39.7 Å². The Hall–Kier alpha value is -1.19. The second-order valence-electron chi connectivity index (χ2n) is 4.99. The molecule has 1 heterocycles. The minimum Gasteiger partial charge on any atom is -0.308 e. The Labute approximate surface area is 119 Å². The van der Waals surface area contributed by atoms with Gasteiger partial charge in [-0.25, -0.2) is 4.98 Å². The summed E-state index contributed by atoms with van der Waals surface area (Å²) < 4.78 is 0. The molecule has 3 heteroatoms. The Morgan fingerprint density at radius 3 is 2.58 bits per heavy atom. The maximum Gasteiger partial charge on any atom is 0.0795 e. The molecule has 1 aromatic heterocycles. The fraction of sp³-hybridized carbons (Fsp3) is 0.438. The lowest BCUT2D eigenvalue weighted by Gasteiger charge is -2.19. The lowest BCUT2D eigenvalue weighted by atomic mass is 9.95. The number of thiazole rings is 1. The Morgan fingerprint density at radius 1 is 1.26 bits per heavy atom. The first-order valence-corrected chi connectivity index (χ1v) is 7.83. The molecule has 19 heavy (non-hydrogen) atoms. The minimum atomic E-state index is 0.325. The number of nitrogens with one attached hydrogen (secondary N) is 1. The van der Waals surface area contributed by atoms with E-state index >= 15 is 0 Å². The lowest BCUT2D eigenvalue weighted by Crippen LogP contribution is -2.25. The van der Waals surface area contributed by atoms with E-state index in [9.17, 15) is 0 Å². The number of nitrogens with zero attached hydrogens (tertiary/aromatic N) is 1. The van der Waals surface area contributed by atoms with Crippen LogP contribution in [-0.2, 0) is 6.42 Å². The van der Waals surface area contributed by atoms with Gasteiger partial charge in [0.1, 0.15) is 0 Å². The van der Waals surface area contributed by atoms with Crippen molar-refractivity contribution in [2.75, 3.05) is 6.54 Å². The number of hydrogen-bond donors (Lipinski definition) is 1. The molecule has 0 saturated heterocycles. The van der Waals surface area contributed by atoms with Crippen LogP contribution in [0.1, 0.15) is 41.8 Å². The van der Waals surface area contributed by atoms with Gasteiger partial charge < -0.3 is 5.32 Å². The molecule has 0 spiro atoms. The zero-order chi connectivity index (χ0) is 13.7. The van der Waals surface area contributed by atoms with E-state index in [1.54, 1.807) is 11.3 Å². The van der Waals surface area contributed by atoms with E-state index in [1.165, 1.54) is 22.4 Å². The summed E-state index contributed by atoms with van der Waals surface area (Å²) in [6.07, 6.45) is 2.16. The van der Waals surface area contributed by atoms with E-state index in [2.05, 4.69) is 54.7 Å². The molecule has 102 valence electrons. The predicted octanol–water partition coefficient (Wildman–Crippen LogP) is 4.04. The van der Waals surface area contributed by atoms with Gasteiger partial charge >= 0.3 is 0 Å². The monoisotopic (exact) mass is 274 g/mol. The van der Waals surface area contributed by atoms with E-state index in [-0.39, 0.29) is 0 Å². The summed E-state index contributed by atoms with van der Waals surface area (Å²) in [5.41, 5.74) is 7.28. The minimum absolute atomic E-state index is 0.325. The Balaban J connectivity index is 2.20. The van der Waals surface area contributed by atoms with Crippen LogP contribution in [0.2, 0.25) is 0 Å². The van der Waals surface area contributed by atoms with Gasteiger partial charge in [-0.1, -0.05) is 25.1 Å². The van der Waals surface area contributed by atoms with Crippen LogP contribution in [0.3, 0.4) is 0 Å². The zero-order valence-corrected chi connectivity index (χ0v) is 12.8. The molecule has 1 atom stereocenters. The van der Waals surface area contributed by atoms with Gasteiger partial charge in [0, 0.05) is 5.38 Å². The van der Waals surface area contributed by atoms with Crippen molar-refractivity contribution in [1.29, 1.82) is 0 Å². The van der Waals surface area contributed by atoms with Gasteiger partial charge in [0.15, 0.2) is 0 Å². The van der Waals surface area contributed by atoms with Gasteiger partial charge in [0.25, 0.3) is 0 Å². The lowest BCUT2D eigenvalue weighted by molar-refractivity contribution is 0.518. The molecule has 0 radical (unpaired) electrons. The highest BCUT2D eigenvalue weighted by Crippen LogP contribution is 2.23. The van der Waals surface area contributed by atoms with Crippen molar-refractivity contribution < 1.29 is 0 Å². The van der Waals surface area contributed by atoms with Gasteiger partial charge in [0.05, 0.1) is 17.2 Å². The summed E-state index contributed by atoms with van der Waals surface area (Å²) in [6.45, 7) is 7.62. The summed E-state index contributed by atoms with van der Waals surface area (Å²) in [7, 11) is 0. The molecule has 1 N–H and O–H groups in total. The second-order valence-corrected chi connectivity index (χ2v) is 5.71. The van der Waals surface area contributed by atoms with Crippen LogP contribution in [0.15, 0.2) is 29.1 Å². The molecule has 0 amide bonds. The summed E-state index contributed by atoms with van der Waals surface area (Å²) in [6, 6.07) is 6.84. The smallest absolute Gasteiger partial charge is 0.0795 e. The van der Waals surface area contributed by atoms with Gasteiger partial charge in [-0.2, -0.15) is 0 Å². The molecule has 0 aliphatic rings. The van der Waals surface area contributed by atoms with Crippen LogP contribution in [-0.4, -0.2) is 11.5 Å². The van der Waals surface area contributed by atoms with E-state index in [1.807, 2.05) is 5.51 Å². The van der Waals surface area contributed by atoms with Gasteiger partial charge in [-0.3, -0.25) is 0 Å². The molecular formula is C16H22N2S. The molecule has 2 nitrogen and oxygen atoms in total. The second kappa shape index (κ2) is 6.83. The first-order valence-electron chi connectivity index (χ1n) is 6.89. The molecule has 2 aromatic rings. The van der Waals surface area contributed by atoms with Gasteiger partial charge in [0.2, 0.25) is 0 Å². The first-order chi connectivity index (χ1) is 9.22. The third-order valence-corrected chi connectivity index (χ3v) is 4.11. The van der Waals surface area contributed by atoms with Crippen molar-refractivity contribution in [1.82, 2.24) is 10.3 Å². The summed E-state index contributed by atoms with van der Waals surface area (Å²) >= 11 is 1.67. The van der Waals surface area contributed by atoms with Gasteiger partial charge in [-0.05, 0) is 49.9 Å². The third-order valence-electron chi connectivity index (χ3n) is 3.50. The number of aryl methyl sites for hydroxylation is 2. The number of rotatable bonds is 6. The summed E-state index contributed by atoms with van der Waals surface area (Å²) in [4.78, 5) is 4.48. The Morgan fingerprint density at radius 2 is 2.00 bits per heavy atom. The molecule has 0 fully saturated rings. The maximum absolute atomic E-state index is 4.48. The molecule has 1 aromatic carbocycles. The molecule has 0 aliphatic heterocycles. The van der Waals surface area contributed by atoms with Crippen LogP contribution in [0.5, 0.6) is 0 Å². The van der Waals surface area contributed by atoms with Crippen molar-refractivity contribution in [3.05, 3.63) is 51.5 Å². The summed E-state index contributed by atoms with van der Waals surface area (Å²) in [5.74, 6) is 0. The van der Waals surface area contributed by atoms with E-state index in [0.717, 1.165) is 19.4 Å². The highest BCUT2D eigenvalue weighted by Gasteiger charge is 2.15. The molecular weight excluding hydrogens is 252 g/mol. The van der Waals surface area contributed by atoms with Crippen LogP contribution >= 0.6 is 11.3 Å². The number of aromatic nitrogens is 1. The molecule has 1 unspecified atom stereocenters. The largest absolute Gasteiger partial charge is 0.308 e. The highest BCUT2D eigenvalue weighted by atomic mass is 32.1. The van der Waals surface area contributed by atoms with Crippen LogP contribution in [0, 0.1) is 13.8 Å². The molecule has 2 rings (SSSR count). The standard InChI is InChI=1S/C16H22N2S/c1-4-8-17-15(16-10-19-11-18-16)9-14-12(2)6-5-7-13(14)3/h5-7,10-11,15,17H,4,8-9H2,1-3H3. The number of hydrogen-bond acceptors (Lipinski definition) is 3.